The van der Waals surface area contributed by atoms with Crippen LogP contribution in [0.4, 0.5) is 0 Å². The van der Waals surface area contributed by atoms with E-state index in [1.165, 1.54) is 11.3 Å². The van der Waals surface area contributed by atoms with Gasteiger partial charge in [-0.05, 0) is 31.0 Å². The minimum Gasteiger partial charge on any atom is -0.387 e. The van der Waals surface area contributed by atoms with Crippen molar-refractivity contribution in [3.05, 3.63) is 35.2 Å². The van der Waals surface area contributed by atoms with Gasteiger partial charge in [-0.2, -0.15) is 0 Å². The Kier molecular flexibility index (Phi) is 4.54. The third-order valence-corrected chi connectivity index (χ3v) is 6.47. The molecule has 6 heteroatoms. The Bertz CT molecular complexity index is 736. The summed E-state index contributed by atoms with van der Waals surface area (Å²) >= 11 is 1.54. The molecule has 2 aliphatic heterocycles. The standard InChI is InChI=1S/C19H25N3O2S/c1-20-8-10-21(11-9-20)13-19(24)6-7-22(14-19)18(23)17-12-15-4-2-3-5-16(15)25-17/h2-5,12,24H,6-11,13-14H2,1H3/t19-/m0/s1. The lowest BCUT2D eigenvalue weighted by atomic mass is 10.0. The van der Waals surface area contributed by atoms with Crippen LogP contribution in [-0.2, 0) is 0 Å². The molecular weight excluding hydrogens is 334 g/mol. The number of rotatable bonds is 3. The van der Waals surface area contributed by atoms with Crippen LogP contribution >= 0.6 is 11.3 Å². The lowest BCUT2D eigenvalue weighted by molar-refractivity contribution is 0.000566. The van der Waals surface area contributed by atoms with Crippen LogP contribution in [0.15, 0.2) is 30.3 Å². The van der Waals surface area contributed by atoms with Gasteiger partial charge in [-0.15, -0.1) is 11.3 Å². The predicted molar refractivity (Wildman–Crippen MR) is 101 cm³/mol. The maximum atomic E-state index is 12.8. The molecule has 1 aromatic carbocycles. The zero-order valence-corrected chi connectivity index (χ0v) is 15.5. The van der Waals surface area contributed by atoms with Crippen molar-refractivity contribution in [2.45, 2.75) is 12.0 Å². The van der Waals surface area contributed by atoms with E-state index in [0.717, 1.165) is 41.1 Å². The van der Waals surface area contributed by atoms with E-state index in [0.29, 0.717) is 26.1 Å². The Morgan fingerprint density at radius 2 is 1.96 bits per heavy atom. The summed E-state index contributed by atoms with van der Waals surface area (Å²) in [5.74, 6) is 0.0514. The van der Waals surface area contributed by atoms with Crippen molar-refractivity contribution in [1.29, 1.82) is 0 Å². The van der Waals surface area contributed by atoms with Gasteiger partial charge >= 0.3 is 0 Å². The summed E-state index contributed by atoms with van der Waals surface area (Å²) in [6.07, 6.45) is 0.663. The third kappa shape index (κ3) is 3.58. The van der Waals surface area contributed by atoms with Crippen molar-refractivity contribution in [3.63, 3.8) is 0 Å². The van der Waals surface area contributed by atoms with E-state index in [4.69, 9.17) is 0 Å². The van der Waals surface area contributed by atoms with Crippen LogP contribution in [0.25, 0.3) is 10.1 Å². The van der Waals surface area contributed by atoms with E-state index in [1.807, 2.05) is 35.2 Å². The predicted octanol–water partition coefficient (Wildman–Crippen LogP) is 1.73. The van der Waals surface area contributed by atoms with Crippen LogP contribution in [0.1, 0.15) is 16.1 Å². The number of carbonyl (C=O) groups excluding carboxylic acids is 1. The minimum atomic E-state index is -0.776. The summed E-state index contributed by atoms with van der Waals surface area (Å²) in [6.45, 7) is 5.80. The molecule has 2 aromatic rings. The average Bonchev–Trinajstić information content (AvgIpc) is 3.20. The second kappa shape index (κ2) is 6.68. The van der Waals surface area contributed by atoms with Crippen LogP contribution in [0.3, 0.4) is 0 Å². The molecule has 1 aromatic heterocycles. The lowest BCUT2D eigenvalue weighted by Gasteiger charge is -2.36. The molecule has 134 valence electrons. The molecule has 4 rings (SSSR count). The number of aliphatic hydroxyl groups is 1. The molecule has 1 amide bonds. The summed E-state index contributed by atoms with van der Waals surface area (Å²) in [5, 5.41) is 12.1. The highest BCUT2D eigenvalue weighted by Crippen LogP contribution is 2.29. The fourth-order valence-electron chi connectivity index (χ4n) is 3.82. The monoisotopic (exact) mass is 359 g/mol. The van der Waals surface area contributed by atoms with Gasteiger partial charge in [0.15, 0.2) is 0 Å². The number of benzene rings is 1. The molecule has 2 saturated heterocycles. The summed E-state index contributed by atoms with van der Waals surface area (Å²) in [6, 6.07) is 10.0. The van der Waals surface area contributed by atoms with Gasteiger partial charge in [0.1, 0.15) is 0 Å². The first kappa shape index (κ1) is 17.0. The number of likely N-dealkylation sites (N-methyl/N-ethyl adjacent to an activating group) is 1. The van der Waals surface area contributed by atoms with Crippen molar-refractivity contribution < 1.29 is 9.90 Å². The molecule has 1 atom stereocenters. The Balaban J connectivity index is 1.41. The summed E-state index contributed by atoms with van der Waals surface area (Å²) in [5.41, 5.74) is -0.776. The number of hydrogen-bond donors (Lipinski definition) is 1. The lowest BCUT2D eigenvalue weighted by Crippen LogP contribution is -2.52. The number of carbonyl (C=O) groups is 1. The smallest absolute Gasteiger partial charge is 0.264 e. The average molecular weight is 359 g/mol. The number of fused-ring (bicyclic) bond motifs is 1. The number of amides is 1. The molecule has 3 heterocycles. The Morgan fingerprint density at radius 3 is 2.72 bits per heavy atom. The van der Waals surface area contributed by atoms with Gasteiger partial charge in [-0.1, -0.05) is 18.2 Å². The molecule has 5 nitrogen and oxygen atoms in total. The van der Waals surface area contributed by atoms with Gasteiger partial charge in [0.05, 0.1) is 17.0 Å². The van der Waals surface area contributed by atoms with Gasteiger partial charge in [0.25, 0.3) is 5.91 Å². The van der Waals surface area contributed by atoms with E-state index in [9.17, 15) is 9.90 Å². The molecule has 2 fully saturated rings. The molecular formula is C19H25N3O2S. The normalized spacial score (nSPS) is 25.8. The summed E-state index contributed by atoms with van der Waals surface area (Å²) in [4.78, 5) is 20.1. The van der Waals surface area contributed by atoms with Gasteiger partial charge < -0.3 is 14.9 Å². The topological polar surface area (TPSA) is 47.0 Å². The minimum absolute atomic E-state index is 0.0514. The number of piperazine rings is 1. The number of nitrogens with zero attached hydrogens (tertiary/aromatic N) is 3. The van der Waals surface area contributed by atoms with Gasteiger partial charge in [0.2, 0.25) is 0 Å². The highest BCUT2D eigenvalue weighted by atomic mass is 32.1. The number of β-amino-alcohol motifs (C(OH)–C–C–N with tert-alkyl or cyclic N) is 1. The SMILES string of the molecule is CN1CCN(C[C@@]2(O)CCN(C(=O)c3cc4ccccc4s3)C2)CC1. The van der Waals surface area contributed by atoms with Crippen LogP contribution in [0.2, 0.25) is 0 Å². The van der Waals surface area contributed by atoms with Crippen LogP contribution in [0, 0.1) is 0 Å². The highest BCUT2D eigenvalue weighted by Gasteiger charge is 2.40. The Morgan fingerprint density at radius 1 is 1.20 bits per heavy atom. The Hall–Kier alpha value is -1.47. The second-order valence-electron chi connectivity index (χ2n) is 7.43. The van der Waals surface area contributed by atoms with Crippen LogP contribution < -0.4 is 0 Å². The van der Waals surface area contributed by atoms with E-state index < -0.39 is 5.60 Å². The molecule has 0 aliphatic carbocycles. The van der Waals surface area contributed by atoms with E-state index in [2.05, 4.69) is 16.8 Å². The highest BCUT2D eigenvalue weighted by molar-refractivity contribution is 7.20. The van der Waals surface area contributed by atoms with Crippen molar-refractivity contribution in [2.75, 3.05) is 52.9 Å². The quantitative estimate of drug-likeness (QED) is 0.907. The molecule has 0 unspecified atom stereocenters. The van der Waals surface area contributed by atoms with Crippen LogP contribution in [0.5, 0.6) is 0 Å². The Labute approximate surface area is 152 Å². The molecule has 1 N–H and O–H groups in total. The van der Waals surface area contributed by atoms with Crippen molar-refractivity contribution >= 4 is 27.3 Å². The van der Waals surface area contributed by atoms with Gasteiger partial charge in [-0.3, -0.25) is 9.69 Å². The van der Waals surface area contributed by atoms with E-state index in [1.54, 1.807) is 0 Å². The molecule has 0 saturated carbocycles. The summed E-state index contributed by atoms with van der Waals surface area (Å²) < 4.78 is 1.14. The van der Waals surface area contributed by atoms with Crippen molar-refractivity contribution in [3.8, 4) is 0 Å². The molecule has 0 radical (unpaired) electrons. The first-order chi connectivity index (χ1) is 12.0. The summed E-state index contributed by atoms with van der Waals surface area (Å²) in [7, 11) is 2.13. The zero-order valence-electron chi connectivity index (χ0n) is 14.6. The molecule has 0 spiro atoms. The largest absolute Gasteiger partial charge is 0.387 e. The van der Waals surface area contributed by atoms with Gasteiger partial charge in [0, 0.05) is 44.0 Å². The first-order valence-electron chi connectivity index (χ1n) is 8.94. The number of likely N-dealkylation sites (tertiary alicyclic amines) is 1. The fraction of sp³-hybridized carbons (Fsp3) is 0.526. The second-order valence-corrected chi connectivity index (χ2v) is 8.51. The third-order valence-electron chi connectivity index (χ3n) is 5.37. The molecule has 2 aliphatic rings. The first-order valence-corrected chi connectivity index (χ1v) is 9.75. The molecule has 0 bridgehead atoms. The zero-order chi connectivity index (χ0) is 17.4. The van der Waals surface area contributed by atoms with Gasteiger partial charge in [-0.25, -0.2) is 0 Å². The number of thiophene rings is 1. The van der Waals surface area contributed by atoms with Crippen molar-refractivity contribution in [2.24, 2.45) is 0 Å². The maximum absolute atomic E-state index is 12.8. The maximum Gasteiger partial charge on any atom is 0.264 e. The van der Waals surface area contributed by atoms with Crippen LogP contribution in [-0.4, -0.2) is 84.2 Å². The molecule has 25 heavy (non-hydrogen) atoms. The van der Waals surface area contributed by atoms with E-state index >= 15 is 0 Å². The van der Waals surface area contributed by atoms with E-state index in [-0.39, 0.29) is 5.91 Å². The fourth-order valence-corrected chi connectivity index (χ4v) is 4.85. The van der Waals surface area contributed by atoms with Crippen molar-refractivity contribution in [1.82, 2.24) is 14.7 Å². The number of hydrogen-bond acceptors (Lipinski definition) is 5.